The first-order valence-corrected chi connectivity index (χ1v) is 13.2. The Bertz CT molecular complexity index is 1060. The van der Waals surface area contributed by atoms with Crippen molar-refractivity contribution in [2.75, 3.05) is 13.1 Å². The number of benzene rings is 2. The topological polar surface area (TPSA) is 62.3 Å². The first-order valence-electron chi connectivity index (χ1n) is 11.3. The average molecular weight is 480 g/mol. The Hall–Kier alpha value is -2.64. The number of nitrogens with zero attached hydrogens (tertiary/aromatic N) is 2. The van der Waals surface area contributed by atoms with E-state index >= 15 is 0 Å². The van der Waals surface area contributed by atoms with Gasteiger partial charge in [-0.25, -0.2) is 4.98 Å². The molecule has 2 heterocycles. The number of rotatable bonds is 8. The molecule has 1 saturated heterocycles. The van der Waals surface area contributed by atoms with E-state index in [2.05, 4.69) is 15.7 Å². The van der Waals surface area contributed by atoms with Gasteiger partial charge in [-0.1, -0.05) is 54.2 Å². The normalized spacial score (nSPS) is 14.3. The molecule has 3 aromatic rings. The molecule has 33 heavy (non-hydrogen) atoms. The minimum atomic E-state index is 0.0682. The van der Waals surface area contributed by atoms with Crippen LogP contribution in [0.25, 0.3) is 0 Å². The van der Waals surface area contributed by atoms with Crippen LogP contribution in [-0.4, -0.2) is 40.8 Å². The Morgan fingerprint density at radius 3 is 2.45 bits per heavy atom. The van der Waals surface area contributed by atoms with Crippen molar-refractivity contribution in [3.63, 3.8) is 0 Å². The lowest BCUT2D eigenvalue weighted by atomic mass is 10.0. The highest BCUT2D eigenvalue weighted by Crippen LogP contribution is 2.26. The van der Waals surface area contributed by atoms with Gasteiger partial charge < -0.3 is 10.2 Å². The third-order valence-electron chi connectivity index (χ3n) is 5.79. The maximum Gasteiger partial charge on any atom is 0.253 e. The Labute approximate surface area is 203 Å². The molecule has 0 radical (unpaired) electrons. The largest absolute Gasteiger partial charge is 0.353 e. The van der Waals surface area contributed by atoms with E-state index < -0.39 is 0 Å². The van der Waals surface area contributed by atoms with E-state index in [0.29, 0.717) is 19.5 Å². The second-order valence-corrected chi connectivity index (χ2v) is 10.4. The van der Waals surface area contributed by atoms with Crippen LogP contribution in [0.3, 0.4) is 0 Å². The maximum absolute atomic E-state index is 12.9. The second kappa shape index (κ2) is 11.5. The first-order chi connectivity index (χ1) is 16.1. The zero-order chi connectivity index (χ0) is 23.0. The van der Waals surface area contributed by atoms with Crippen molar-refractivity contribution in [2.45, 2.75) is 48.7 Å². The number of piperidine rings is 1. The molecule has 1 fully saturated rings. The number of carbonyl (C=O) groups excluding carboxylic acids is 2. The molecule has 0 bridgehead atoms. The van der Waals surface area contributed by atoms with Crippen molar-refractivity contribution in [1.29, 1.82) is 0 Å². The number of likely N-dealkylation sites (tertiary alicyclic amines) is 1. The van der Waals surface area contributed by atoms with Crippen LogP contribution in [0.4, 0.5) is 0 Å². The Morgan fingerprint density at radius 1 is 1.06 bits per heavy atom. The van der Waals surface area contributed by atoms with Crippen LogP contribution in [0.1, 0.15) is 46.4 Å². The molecule has 0 atom stereocenters. The smallest absolute Gasteiger partial charge is 0.253 e. The van der Waals surface area contributed by atoms with E-state index in [1.54, 1.807) is 23.1 Å². The van der Waals surface area contributed by atoms with Crippen molar-refractivity contribution in [2.24, 2.45) is 0 Å². The standard InChI is InChI=1S/C26H29N3O2S2/c1-19-17-32-26(27-19)33-18-21-7-10-22(11-8-21)25(31)29-15-13-23(14-16-29)28-24(30)12-9-20-5-3-2-4-6-20/h2-8,10-11,17,23H,9,12-16,18H2,1H3,(H,28,30). The summed E-state index contributed by atoms with van der Waals surface area (Å²) in [6, 6.07) is 18.1. The number of carbonyl (C=O) groups is 2. The second-order valence-electron chi connectivity index (χ2n) is 8.36. The molecule has 1 aromatic heterocycles. The Kier molecular flexibility index (Phi) is 8.18. The Morgan fingerprint density at radius 2 is 1.79 bits per heavy atom. The summed E-state index contributed by atoms with van der Waals surface area (Å²) >= 11 is 3.39. The molecule has 1 N–H and O–H groups in total. The maximum atomic E-state index is 12.9. The summed E-state index contributed by atoms with van der Waals surface area (Å²) in [4.78, 5) is 31.6. The monoisotopic (exact) mass is 479 g/mol. The summed E-state index contributed by atoms with van der Waals surface area (Å²) in [6.07, 6.45) is 2.84. The highest BCUT2D eigenvalue weighted by Gasteiger charge is 2.24. The molecule has 1 aliphatic rings. The minimum absolute atomic E-state index is 0.0682. The van der Waals surface area contributed by atoms with Crippen LogP contribution in [0, 0.1) is 6.92 Å². The highest BCUT2D eigenvalue weighted by atomic mass is 32.2. The lowest BCUT2D eigenvalue weighted by Crippen LogP contribution is -2.46. The fraction of sp³-hybridized carbons (Fsp3) is 0.346. The van der Waals surface area contributed by atoms with Gasteiger partial charge in [0.1, 0.15) is 4.34 Å². The molecular weight excluding hydrogens is 450 g/mol. The third kappa shape index (κ3) is 6.92. The van der Waals surface area contributed by atoms with E-state index in [4.69, 9.17) is 0 Å². The lowest BCUT2D eigenvalue weighted by Gasteiger charge is -2.32. The van der Waals surface area contributed by atoms with Crippen LogP contribution in [0.2, 0.25) is 0 Å². The number of hydrogen-bond donors (Lipinski definition) is 1. The molecule has 172 valence electrons. The summed E-state index contributed by atoms with van der Waals surface area (Å²) in [5, 5.41) is 5.20. The molecule has 2 aromatic carbocycles. The van der Waals surface area contributed by atoms with Crippen molar-refractivity contribution >= 4 is 34.9 Å². The van der Waals surface area contributed by atoms with E-state index in [9.17, 15) is 9.59 Å². The molecule has 0 saturated carbocycles. The molecule has 0 spiro atoms. The molecule has 7 heteroatoms. The summed E-state index contributed by atoms with van der Waals surface area (Å²) in [5.74, 6) is 1.00. The van der Waals surface area contributed by atoms with Crippen molar-refractivity contribution in [1.82, 2.24) is 15.2 Å². The number of nitrogens with one attached hydrogen (secondary N) is 1. The van der Waals surface area contributed by atoms with Crippen LogP contribution in [0.5, 0.6) is 0 Å². The number of aromatic nitrogens is 1. The van der Waals surface area contributed by atoms with E-state index in [1.165, 1.54) is 11.1 Å². The van der Waals surface area contributed by atoms with Crippen molar-refractivity contribution in [3.05, 3.63) is 82.4 Å². The first kappa shape index (κ1) is 23.5. The van der Waals surface area contributed by atoms with Gasteiger partial charge in [-0.3, -0.25) is 9.59 Å². The minimum Gasteiger partial charge on any atom is -0.353 e. The molecule has 0 unspecified atom stereocenters. The van der Waals surface area contributed by atoms with Gasteiger partial charge in [-0.15, -0.1) is 11.3 Å². The van der Waals surface area contributed by atoms with E-state index in [-0.39, 0.29) is 17.9 Å². The molecule has 1 aliphatic heterocycles. The number of amides is 2. The predicted octanol–water partition coefficient (Wildman–Crippen LogP) is 5.10. The highest BCUT2D eigenvalue weighted by molar-refractivity contribution is 8.00. The fourth-order valence-corrected chi connectivity index (χ4v) is 5.70. The molecular formula is C26H29N3O2S2. The third-order valence-corrected chi connectivity index (χ3v) is 8.00. The number of thiazole rings is 1. The zero-order valence-electron chi connectivity index (χ0n) is 18.8. The van der Waals surface area contributed by atoms with E-state index in [0.717, 1.165) is 40.6 Å². The van der Waals surface area contributed by atoms with Gasteiger partial charge in [0.05, 0.1) is 0 Å². The SMILES string of the molecule is Cc1csc(SCc2ccc(C(=O)N3CCC(NC(=O)CCc4ccccc4)CC3)cc2)n1. The zero-order valence-corrected chi connectivity index (χ0v) is 20.5. The lowest BCUT2D eigenvalue weighted by molar-refractivity contribution is -0.122. The van der Waals surface area contributed by atoms with Crippen molar-refractivity contribution in [3.8, 4) is 0 Å². The summed E-state index contributed by atoms with van der Waals surface area (Å²) < 4.78 is 1.07. The summed E-state index contributed by atoms with van der Waals surface area (Å²) in [5.41, 5.74) is 4.13. The number of aryl methyl sites for hydroxylation is 2. The van der Waals surface area contributed by atoms with E-state index in [1.807, 2.05) is 66.4 Å². The Balaban J connectivity index is 1.19. The molecule has 0 aliphatic carbocycles. The van der Waals surface area contributed by atoms with Gasteiger partial charge in [0.25, 0.3) is 5.91 Å². The fourth-order valence-electron chi connectivity index (χ4n) is 3.90. The number of thioether (sulfide) groups is 1. The van der Waals surface area contributed by atoms with Crippen molar-refractivity contribution < 1.29 is 9.59 Å². The molecule has 2 amide bonds. The number of hydrogen-bond acceptors (Lipinski definition) is 5. The van der Waals surface area contributed by atoms with Gasteiger partial charge in [0, 0.05) is 47.9 Å². The average Bonchev–Trinajstić information content (AvgIpc) is 3.27. The van der Waals surface area contributed by atoms with Crippen LogP contribution >= 0.6 is 23.1 Å². The quantitative estimate of drug-likeness (QED) is 0.457. The van der Waals surface area contributed by atoms with Crippen LogP contribution in [-0.2, 0) is 17.0 Å². The van der Waals surface area contributed by atoms with Gasteiger partial charge in [-0.05, 0) is 49.4 Å². The molecule has 5 nitrogen and oxygen atoms in total. The summed E-state index contributed by atoms with van der Waals surface area (Å²) in [7, 11) is 0. The predicted molar refractivity (Wildman–Crippen MR) is 135 cm³/mol. The summed E-state index contributed by atoms with van der Waals surface area (Å²) in [6.45, 7) is 3.34. The molecule has 4 rings (SSSR count). The van der Waals surface area contributed by atoms with Gasteiger partial charge in [0.15, 0.2) is 0 Å². The van der Waals surface area contributed by atoms with Gasteiger partial charge in [0.2, 0.25) is 5.91 Å². The van der Waals surface area contributed by atoms with Gasteiger partial charge >= 0.3 is 0 Å². The van der Waals surface area contributed by atoms with Gasteiger partial charge in [-0.2, -0.15) is 0 Å². The van der Waals surface area contributed by atoms with Crippen LogP contribution < -0.4 is 5.32 Å². The van der Waals surface area contributed by atoms with Crippen LogP contribution in [0.15, 0.2) is 64.3 Å².